The molecule has 0 spiro atoms. The predicted octanol–water partition coefficient (Wildman–Crippen LogP) is 3.05. The van der Waals surface area contributed by atoms with Crippen LogP contribution in [0.3, 0.4) is 0 Å². The van der Waals surface area contributed by atoms with Crippen molar-refractivity contribution < 1.29 is 27.8 Å². The molecule has 0 saturated carbocycles. The van der Waals surface area contributed by atoms with Crippen LogP contribution in [-0.2, 0) is 23.3 Å². The molecule has 0 bridgehead atoms. The van der Waals surface area contributed by atoms with Crippen LogP contribution in [0.25, 0.3) is 0 Å². The minimum absolute atomic E-state index is 0.108. The lowest BCUT2D eigenvalue weighted by atomic mass is 9.88. The first-order valence-electron chi connectivity index (χ1n) is 9.35. The predicted molar refractivity (Wildman–Crippen MR) is 107 cm³/mol. The number of carbonyl (C=O) groups is 1. The van der Waals surface area contributed by atoms with Gasteiger partial charge in [0, 0.05) is 5.41 Å². The van der Waals surface area contributed by atoms with E-state index in [1.54, 1.807) is 26.0 Å². The van der Waals surface area contributed by atoms with Crippen LogP contribution >= 0.6 is 8.09 Å². The molecule has 0 radical (unpaired) electrons. The molecule has 1 fully saturated rings. The summed E-state index contributed by atoms with van der Waals surface area (Å²) >= 11 is 0. The fourth-order valence-corrected chi connectivity index (χ4v) is 4.37. The van der Waals surface area contributed by atoms with E-state index in [4.69, 9.17) is 28.8 Å². The van der Waals surface area contributed by atoms with E-state index in [2.05, 4.69) is 18.9 Å². The fraction of sp³-hybridized carbons (Fsp3) is 0.632. The topological polar surface area (TPSA) is 101 Å². The fourth-order valence-electron chi connectivity index (χ4n) is 2.77. The number of nitrogens with two attached hydrogens (primary N) is 1. The smallest absolute Gasteiger partial charge is 0.462 e. The number of ether oxygens (including phenoxy) is 2. The number of esters is 1. The van der Waals surface area contributed by atoms with Crippen molar-refractivity contribution in [1.29, 1.82) is 0 Å². The van der Waals surface area contributed by atoms with Gasteiger partial charge in [0.1, 0.15) is 19.4 Å². The summed E-state index contributed by atoms with van der Waals surface area (Å²) in [5.41, 5.74) is 5.89. The summed E-state index contributed by atoms with van der Waals surface area (Å²) in [6, 6.07) is 9.14. The molecule has 2 rings (SSSR count). The molecule has 158 valence electrons. The van der Waals surface area contributed by atoms with Crippen LogP contribution in [0.4, 0.5) is 0 Å². The normalized spacial score (nSPS) is 23.4. The third kappa shape index (κ3) is 6.65. The van der Waals surface area contributed by atoms with Gasteiger partial charge in [-0.2, -0.15) is 9.05 Å². The number of carbonyl (C=O) groups excluding carboxylic acids is 1. The zero-order chi connectivity index (χ0) is 20.8. The Bertz CT molecular complexity index is 630. The highest BCUT2D eigenvalue weighted by atomic mass is 31.2. The molecule has 1 aliphatic rings. The van der Waals surface area contributed by atoms with Gasteiger partial charge in [-0.05, 0) is 32.4 Å². The van der Waals surface area contributed by atoms with Crippen LogP contribution in [0.1, 0.15) is 34.1 Å². The summed E-state index contributed by atoms with van der Waals surface area (Å²) in [6.07, 6.45) is -0.0154. The molecule has 8 nitrogen and oxygen atoms in total. The third-order valence-corrected chi connectivity index (χ3v) is 6.25. The van der Waals surface area contributed by atoms with Crippen molar-refractivity contribution >= 4 is 14.1 Å². The molecule has 9 heteroatoms. The van der Waals surface area contributed by atoms with E-state index in [1.807, 2.05) is 18.2 Å². The maximum atomic E-state index is 12.0. The lowest BCUT2D eigenvalue weighted by Gasteiger charge is -2.22. The van der Waals surface area contributed by atoms with Crippen molar-refractivity contribution in [2.24, 2.45) is 11.1 Å². The maximum Gasteiger partial charge on any atom is 0.546 e. The molecule has 1 aromatic rings. The first-order valence-corrected chi connectivity index (χ1v) is 10.9. The molecule has 1 saturated heterocycles. The summed E-state index contributed by atoms with van der Waals surface area (Å²) in [5.74, 6) is 0.142. The lowest BCUT2D eigenvalue weighted by molar-refractivity contribution is -0.146. The highest BCUT2D eigenvalue weighted by Gasteiger charge is 2.50. The second kappa shape index (κ2) is 9.96. The summed E-state index contributed by atoms with van der Waals surface area (Å²) < 4.78 is 28.6. The number of rotatable bonds is 10. The Kier molecular flexibility index (Phi) is 8.18. The summed E-state index contributed by atoms with van der Waals surface area (Å²) in [4.78, 5) is 12.0. The van der Waals surface area contributed by atoms with Crippen LogP contribution in [0.2, 0.25) is 0 Å². The molecule has 0 aromatic heterocycles. The monoisotopic (exact) mass is 415 g/mol. The Morgan fingerprint density at radius 2 is 2.04 bits per heavy atom. The standard InChI is InChI=1S/C19H32N2O6P/c1-14(2)25-17(22)12-21-28(23-5,27-15-9-7-6-8-10-15)24-13-16-11-19(3,4)18(20)26-16/h6-10,14,16,18,21H,11-13,20H2,1-5H3/q+1. The van der Waals surface area contributed by atoms with Crippen LogP contribution in [0.15, 0.2) is 30.3 Å². The highest BCUT2D eigenvalue weighted by Crippen LogP contribution is 2.57. The molecule has 1 heterocycles. The van der Waals surface area contributed by atoms with E-state index in [0.29, 0.717) is 5.75 Å². The molecule has 0 aliphatic carbocycles. The van der Waals surface area contributed by atoms with Gasteiger partial charge in [0.15, 0.2) is 5.75 Å². The SMILES string of the molecule is CO[P+](NCC(=O)OC(C)C)(OCC1CC(C)(C)C(N)O1)Oc1ccccc1. The van der Waals surface area contributed by atoms with Crippen LogP contribution in [-0.4, -0.2) is 44.7 Å². The van der Waals surface area contributed by atoms with Crippen molar-refractivity contribution in [2.45, 2.75) is 52.6 Å². The second-order valence-electron chi connectivity index (χ2n) is 7.63. The van der Waals surface area contributed by atoms with Gasteiger partial charge in [0.05, 0.1) is 19.3 Å². The average molecular weight is 415 g/mol. The molecule has 0 amide bonds. The van der Waals surface area contributed by atoms with Gasteiger partial charge >= 0.3 is 14.1 Å². The van der Waals surface area contributed by atoms with Crippen LogP contribution < -0.4 is 15.3 Å². The number of benzene rings is 1. The molecular formula is C19H32N2O6P+. The van der Waals surface area contributed by atoms with E-state index in [-0.39, 0.29) is 37.0 Å². The van der Waals surface area contributed by atoms with Crippen molar-refractivity contribution in [3.05, 3.63) is 30.3 Å². The Labute approximate surface area is 167 Å². The van der Waals surface area contributed by atoms with Gasteiger partial charge in [0.2, 0.25) is 0 Å². The van der Waals surface area contributed by atoms with Crippen molar-refractivity contribution in [3.8, 4) is 5.75 Å². The van der Waals surface area contributed by atoms with Gasteiger partial charge in [-0.1, -0.05) is 37.1 Å². The molecule has 3 atom stereocenters. The van der Waals surface area contributed by atoms with Gasteiger partial charge < -0.3 is 15.2 Å². The number of nitrogens with one attached hydrogen (secondary N) is 1. The Morgan fingerprint density at radius 1 is 1.36 bits per heavy atom. The van der Waals surface area contributed by atoms with Gasteiger partial charge in [-0.25, -0.2) is 0 Å². The van der Waals surface area contributed by atoms with Crippen molar-refractivity contribution in [1.82, 2.24) is 5.09 Å². The molecule has 1 aliphatic heterocycles. The molecule has 28 heavy (non-hydrogen) atoms. The van der Waals surface area contributed by atoms with E-state index >= 15 is 0 Å². The highest BCUT2D eigenvalue weighted by molar-refractivity contribution is 7.59. The third-order valence-electron chi connectivity index (χ3n) is 4.29. The maximum absolute atomic E-state index is 12.0. The number of hydrogen-bond donors (Lipinski definition) is 2. The van der Waals surface area contributed by atoms with E-state index in [9.17, 15) is 4.79 Å². The zero-order valence-corrected chi connectivity index (χ0v) is 18.1. The Balaban J connectivity index is 2.06. The largest absolute Gasteiger partial charge is 0.546 e. The van der Waals surface area contributed by atoms with E-state index in [1.165, 1.54) is 7.11 Å². The van der Waals surface area contributed by atoms with Gasteiger partial charge in [-0.15, -0.1) is 0 Å². The number of para-hydroxylation sites is 1. The zero-order valence-electron chi connectivity index (χ0n) is 17.2. The lowest BCUT2D eigenvalue weighted by Crippen LogP contribution is -2.33. The molecular weight excluding hydrogens is 383 g/mol. The minimum Gasteiger partial charge on any atom is -0.462 e. The molecule has 3 N–H and O–H groups in total. The summed E-state index contributed by atoms with van der Waals surface area (Å²) in [6.45, 7) is 7.79. The first kappa shape index (κ1) is 23.0. The average Bonchev–Trinajstić information content (AvgIpc) is 2.90. The summed E-state index contributed by atoms with van der Waals surface area (Å²) in [5, 5.41) is 2.98. The van der Waals surface area contributed by atoms with E-state index < -0.39 is 14.1 Å². The molecule has 3 unspecified atom stereocenters. The minimum atomic E-state index is -3.08. The van der Waals surface area contributed by atoms with Crippen molar-refractivity contribution in [3.63, 3.8) is 0 Å². The molecule has 1 aromatic carbocycles. The van der Waals surface area contributed by atoms with Crippen LogP contribution in [0.5, 0.6) is 5.75 Å². The Hall–Kier alpha value is -1.28. The van der Waals surface area contributed by atoms with Gasteiger partial charge in [-0.3, -0.25) is 9.32 Å². The summed E-state index contributed by atoms with van der Waals surface area (Å²) in [7, 11) is -1.61. The quantitative estimate of drug-likeness (QED) is 0.444. The van der Waals surface area contributed by atoms with Crippen LogP contribution in [0, 0.1) is 5.41 Å². The first-order chi connectivity index (χ1) is 13.2. The second-order valence-corrected chi connectivity index (χ2v) is 9.74. The van der Waals surface area contributed by atoms with E-state index in [0.717, 1.165) is 6.42 Å². The number of hydrogen-bond acceptors (Lipinski definition) is 8. The Morgan fingerprint density at radius 3 is 2.57 bits per heavy atom. The van der Waals surface area contributed by atoms with Gasteiger partial charge in [0.25, 0.3) is 0 Å². The van der Waals surface area contributed by atoms with Crippen molar-refractivity contribution in [2.75, 3.05) is 20.3 Å².